The minimum Gasteiger partial charge on any atom is -0.315 e. The van der Waals surface area contributed by atoms with Crippen molar-refractivity contribution < 1.29 is 0 Å². The van der Waals surface area contributed by atoms with Gasteiger partial charge in [-0.25, -0.2) is 0 Å². The number of hydrogen-bond donors (Lipinski definition) is 1. The minimum atomic E-state index is 0.570. The highest BCUT2D eigenvalue weighted by Crippen LogP contribution is 2.10. The van der Waals surface area contributed by atoms with E-state index in [0.29, 0.717) is 6.42 Å². The molecule has 0 aliphatic rings. The van der Waals surface area contributed by atoms with Gasteiger partial charge in [0.25, 0.3) is 0 Å². The van der Waals surface area contributed by atoms with E-state index in [1.165, 1.54) is 0 Å². The molecule has 1 aromatic rings. The number of nitrogens with zero attached hydrogens (tertiary/aromatic N) is 1. The second kappa shape index (κ2) is 7.92. The van der Waals surface area contributed by atoms with Crippen molar-refractivity contribution in [3.63, 3.8) is 0 Å². The van der Waals surface area contributed by atoms with E-state index in [1.807, 2.05) is 24.3 Å². The van der Waals surface area contributed by atoms with Crippen LogP contribution in [0.1, 0.15) is 18.4 Å². The van der Waals surface area contributed by atoms with E-state index in [0.717, 1.165) is 30.1 Å². The fourth-order valence-electron chi connectivity index (χ4n) is 1.25. The van der Waals surface area contributed by atoms with Gasteiger partial charge in [-0.05, 0) is 30.7 Å². The number of halogens is 1. The van der Waals surface area contributed by atoms with Crippen LogP contribution in [0.5, 0.6) is 0 Å². The molecule has 0 atom stereocenters. The van der Waals surface area contributed by atoms with E-state index in [9.17, 15) is 0 Å². The summed E-state index contributed by atoms with van der Waals surface area (Å²) < 4.78 is 0. The molecule has 16 heavy (non-hydrogen) atoms. The molecule has 0 aromatic heterocycles. The number of nitrogens with one attached hydrogen (secondary N) is 1. The largest absolute Gasteiger partial charge is 0.315 e. The predicted octanol–water partition coefficient (Wildman–Crippen LogP) is 3.25. The molecular formula is C13H15ClN2. The molecule has 3 heteroatoms. The summed E-state index contributed by atoms with van der Waals surface area (Å²) in [7, 11) is 0. The van der Waals surface area contributed by atoms with Crippen LogP contribution < -0.4 is 5.32 Å². The highest BCUT2D eigenvalue weighted by molar-refractivity contribution is 6.30. The number of nitriles is 1. The van der Waals surface area contributed by atoms with Gasteiger partial charge in [-0.15, -0.1) is 0 Å². The molecule has 0 radical (unpaired) electrons. The standard InChI is InChI=1S/C13H15ClN2/c14-13-7-5-12(6-8-13)4-1-2-10-16-11-3-9-15/h1,4-8,16H,2-3,10-11H2. The monoisotopic (exact) mass is 234 g/mol. The van der Waals surface area contributed by atoms with Crippen LogP contribution in [-0.2, 0) is 0 Å². The Kier molecular flexibility index (Phi) is 6.32. The lowest BCUT2D eigenvalue weighted by Gasteiger charge is -1.97. The van der Waals surface area contributed by atoms with Gasteiger partial charge < -0.3 is 5.32 Å². The normalized spacial score (nSPS) is 10.5. The summed E-state index contributed by atoms with van der Waals surface area (Å²) in [5.41, 5.74) is 1.15. The molecule has 1 rings (SSSR count). The quantitative estimate of drug-likeness (QED) is 0.767. The van der Waals surface area contributed by atoms with Crippen molar-refractivity contribution >= 4 is 17.7 Å². The maximum absolute atomic E-state index is 8.33. The zero-order chi connectivity index (χ0) is 11.6. The van der Waals surface area contributed by atoms with E-state index >= 15 is 0 Å². The summed E-state index contributed by atoms with van der Waals surface area (Å²) in [5, 5.41) is 12.3. The molecule has 0 saturated carbocycles. The second-order valence-corrected chi connectivity index (χ2v) is 3.84. The smallest absolute Gasteiger partial charge is 0.0635 e. The van der Waals surface area contributed by atoms with Crippen LogP contribution in [0.2, 0.25) is 5.02 Å². The Morgan fingerprint density at radius 1 is 1.25 bits per heavy atom. The molecule has 84 valence electrons. The molecular weight excluding hydrogens is 220 g/mol. The van der Waals surface area contributed by atoms with Crippen LogP contribution in [0.3, 0.4) is 0 Å². The summed E-state index contributed by atoms with van der Waals surface area (Å²) in [4.78, 5) is 0. The fraction of sp³-hybridized carbons (Fsp3) is 0.308. The Morgan fingerprint density at radius 3 is 2.69 bits per heavy atom. The maximum Gasteiger partial charge on any atom is 0.0635 e. The first-order chi connectivity index (χ1) is 7.83. The van der Waals surface area contributed by atoms with Crippen molar-refractivity contribution in [2.75, 3.05) is 13.1 Å². The third-order valence-corrected chi connectivity index (χ3v) is 2.33. The Balaban J connectivity index is 2.17. The Labute approximate surface area is 102 Å². The van der Waals surface area contributed by atoms with Gasteiger partial charge in [0.1, 0.15) is 0 Å². The lowest BCUT2D eigenvalue weighted by molar-refractivity contribution is 0.701. The molecule has 0 fully saturated rings. The molecule has 0 bridgehead atoms. The zero-order valence-corrected chi connectivity index (χ0v) is 9.87. The predicted molar refractivity (Wildman–Crippen MR) is 68.2 cm³/mol. The average Bonchev–Trinajstić information content (AvgIpc) is 2.30. The lowest BCUT2D eigenvalue weighted by atomic mass is 10.2. The van der Waals surface area contributed by atoms with E-state index in [4.69, 9.17) is 16.9 Å². The minimum absolute atomic E-state index is 0.570. The molecule has 0 saturated heterocycles. The number of hydrogen-bond acceptors (Lipinski definition) is 2. The zero-order valence-electron chi connectivity index (χ0n) is 9.12. The van der Waals surface area contributed by atoms with Crippen LogP contribution in [0, 0.1) is 11.3 Å². The lowest BCUT2D eigenvalue weighted by Crippen LogP contribution is -2.15. The molecule has 1 aromatic carbocycles. The van der Waals surface area contributed by atoms with Crippen LogP contribution in [0.4, 0.5) is 0 Å². The summed E-state index contributed by atoms with van der Waals surface area (Å²) >= 11 is 5.78. The molecule has 0 aliphatic carbocycles. The van der Waals surface area contributed by atoms with Gasteiger partial charge in [0.15, 0.2) is 0 Å². The second-order valence-electron chi connectivity index (χ2n) is 3.40. The summed E-state index contributed by atoms with van der Waals surface area (Å²) in [5.74, 6) is 0. The van der Waals surface area contributed by atoms with E-state index in [-0.39, 0.29) is 0 Å². The van der Waals surface area contributed by atoms with Gasteiger partial charge >= 0.3 is 0 Å². The summed E-state index contributed by atoms with van der Waals surface area (Å²) in [6.07, 6.45) is 5.72. The van der Waals surface area contributed by atoms with Gasteiger partial charge in [-0.2, -0.15) is 5.26 Å². The van der Waals surface area contributed by atoms with Crippen LogP contribution in [0.15, 0.2) is 30.3 Å². The fourth-order valence-corrected chi connectivity index (χ4v) is 1.37. The van der Waals surface area contributed by atoms with Gasteiger partial charge in [0.2, 0.25) is 0 Å². The highest BCUT2D eigenvalue weighted by Gasteiger charge is 1.87. The highest BCUT2D eigenvalue weighted by atomic mass is 35.5. The molecule has 0 amide bonds. The third kappa shape index (κ3) is 5.55. The topological polar surface area (TPSA) is 35.8 Å². The first-order valence-corrected chi connectivity index (χ1v) is 5.70. The van der Waals surface area contributed by atoms with Crippen LogP contribution in [0.25, 0.3) is 6.08 Å². The molecule has 0 spiro atoms. The van der Waals surface area contributed by atoms with Gasteiger partial charge in [-0.1, -0.05) is 35.9 Å². The summed E-state index contributed by atoms with van der Waals surface area (Å²) in [6.45, 7) is 1.68. The van der Waals surface area contributed by atoms with Gasteiger partial charge in [0.05, 0.1) is 6.07 Å². The Morgan fingerprint density at radius 2 is 2.00 bits per heavy atom. The number of rotatable bonds is 6. The Hall–Kier alpha value is -1.30. The third-order valence-electron chi connectivity index (χ3n) is 2.08. The van der Waals surface area contributed by atoms with Crippen molar-refractivity contribution in [2.24, 2.45) is 0 Å². The van der Waals surface area contributed by atoms with Crippen molar-refractivity contribution in [1.82, 2.24) is 5.32 Å². The molecule has 0 unspecified atom stereocenters. The van der Waals surface area contributed by atoms with Crippen LogP contribution in [-0.4, -0.2) is 13.1 Å². The van der Waals surface area contributed by atoms with E-state index in [2.05, 4.69) is 23.5 Å². The van der Waals surface area contributed by atoms with Gasteiger partial charge in [0, 0.05) is 18.0 Å². The molecule has 1 N–H and O–H groups in total. The number of benzene rings is 1. The maximum atomic E-state index is 8.33. The summed E-state index contributed by atoms with van der Waals surface area (Å²) in [6, 6.07) is 9.84. The van der Waals surface area contributed by atoms with Crippen molar-refractivity contribution in [3.05, 3.63) is 40.9 Å². The van der Waals surface area contributed by atoms with Crippen molar-refractivity contribution in [2.45, 2.75) is 12.8 Å². The first kappa shape index (κ1) is 12.8. The van der Waals surface area contributed by atoms with E-state index in [1.54, 1.807) is 0 Å². The van der Waals surface area contributed by atoms with Crippen molar-refractivity contribution in [1.29, 1.82) is 5.26 Å². The first-order valence-electron chi connectivity index (χ1n) is 5.32. The molecule has 0 heterocycles. The van der Waals surface area contributed by atoms with Crippen LogP contribution >= 0.6 is 11.6 Å². The Bertz CT molecular complexity index is 363. The van der Waals surface area contributed by atoms with Gasteiger partial charge in [-0.3, -0.25) is 0 Å². The van der Waals surface area contributed by atoms with E-state index < -0.39 is 0 Å². The molecule has 2 nitrogen and oxygen atoms in total. The van der Waals surface area contributed by atoms with Crippen molar-refractivity contribution in [3.8, 4) is 6.07 Å². The molecule has 0 aliphatic heterocycles. The average molecular weight is 235 g/mol. The SMILES string of the molecule is N#CCCNCCC=Cc1ccc(Cl)cc1.